The molecule has 1 N–H and O–H groups in total. The van der Waals surface area contributed by atoms with E-state index in [4.69, 9.17) is 25.6 Å². The highest BCUT2D eigenvalue weighted by atomic mass is 35.5. The smallest absolute Gasteiger partial charge is 0.223 e. The van der Waals surface area contributed by atoms with Crippen molar-refractivity contribution in [2.24, 2.45) is 7.05 Å². The summed E-state index contributed by atoms with van der Waals surface area (Å²) in [5.41, 5.74) is 2.75. The molecule has 1 aliphatic rings. The predicted octanol–water partition coefficient (Wildman–Crippen LogP) is 2.72. The zero-order chi connectivity index (χ0) is 19.0. The van der Waals surface area contributed by atoms with E-state index in [1.165, 1.54) is 0 Å². The highest BCUT2D eigenvalue weighted by molar-refractivity contribution is 6.30. The van der Waals surface area contributed by atoms with Crippen LogP contribution < -0.4 is 14.8 Å². The van der Waals surface area contributed by atoms with E-state index in [2.05, 4.69) is 20.6 Å². The molecule has 3 aromatic rings. The molecular formula is C18H20ClN5O3. The lowest BCUT2D eigenvalue weighted by Gasteiger charge is -2.21. The summed E-state index contributed by atoms with van der Waals surface area (Å²) in [6, 6.07) is 5.51. The van der Waals surface area contributed by atoms with Gasteiger partial charge < -0.3 is 14.0 Å². The molecule has 27 heavy (non-hydrogen) atoms. The van der Waals surface area contributed by atoms with Crippen LogP contribution in [0.4, 0.5) is 0 Å². The van der Waals surface area contributed by atoms with Crippen molar-refractivity contribution in [2.45, 2.75) is 26.4 Å². The summed E-state index contributed by atoms with van der Waals surface area (Å²) in [6.45, 7) is 5.28. The van der Waals surface area contributed by atoms with Crippen molar-refractivity contribution in [3.05, 3.63) is 51.9 Å². The van der Waals surface area contributed by atoms with Gasteiger partial charge in [0.05, 0.1) is 11.7 Å². The number of fused-ring (bicyclic) bond motifs is 1. The zero-order valence-electron chi connectivity index (χ0n) is 15.3. The van der Waals surface area contributed by atoms with Crippen LogP contribution in [0.5, 0.6) is 11.5 Å². The van der Waals surface area contributed by atoms with Gasteiger partial charge in [-0.3, -0.25) is 10.00 Å². The van der Waals surface area contributed by atoms with Crippen molar-refractivity contribution >= 4 is 11.6 Å². The first-order valence-corrected chi connectivity index (χ1v) is 9.02. The van der Waals surface area contributed by atoms with Crippen molar-refractivity contribution in [3.8, 4) is 11.5 Å². The fourth-order valence-electron chi connectivity index (χ4n) is 3.11. The van der Waals surface area contributed by atoms with Gasteiger partial charge in [0, 0.05) is 26.1 Å². The van der Waals surface area contributed by atoms with Gasteiger partial charge in [0.2, 0.25) is 5.89 Å². The lowest BCUT2D eigenvalue weighted by molar-refractivity contribution is 0.171. The molecule has 1 atom stereocenters. The molecule has 3 heterocycles. The quantitative estimate of drug-likeness (QED) is 0.717. The molecule has 0 spiro atoms. The molecule has 9 heteroatoms. The fraction of sp³-hybridized carbons (Fsp3) is 0.389. The van der Waals surface area contributed by atoms with Crippen molar-refractivity contribution in [3.63, 3.8) is 0 Å². The predicted molar refractivity (Wildman–Crippen MR) is 98.1 cm³/mol. The number of hydrogen-bond acceptors (Lipinski definition) is 7. The molecule has 1 unspecified atom stereocenters. The number of aromatic nitrogens is 4. The van der Waals surface area contributed by atoms with Gasteiger partial charge in [-0.2, -0.15) is 10.1 Å². The van der Waals surface area contributed by atoms with Crippen molar-refractivity contribution < 1.29 is 14.0 Å². The number of aryl methyl sites for hydroxylation is 3. The molecule has 1 aliphatic heterocycles. The first kappa shape index (κ1) is 17.8. The first-order valence-electron chi connectivity index (χ1n) is 8.64. The Morgan fingerprint density at radius 3 is 2.67 bits per heavy atom. The molecule has 4 rings (SSSR count). The van der Waals surface area contributed by atoms with Gasteiger partial charge in [0.25, 0.3) is 0 Å². The molecule has 0 aliphatic carbocycles. The van der Waals surface area contributed by atoms with Gasteiger partial charge in [-0.25, -0.2) is 0 Å². The Hall–Kier alpha value is -2.58. The van der Waals surface area contributed by atoms with Crippen LogP contribution in [-0.4, -0.2) is 33.1 Å². The molecule has 0 bridgehead atoms. The molecule has 142 valence electrons. The number of hydrogen-bond donors (Lipinski definition) is 1. The molecular weight excluding hydrogens is 370 g/mol. The third kappa shape index (κ3) is 3.50. The number of rotatable bonds is 5. The van der Waals surface area contributed by atoms with Crippen LogP contribution in [0.1, 0.15) is 34.6 Å². The third-order valence-corrected chi connectivity index (χ3v) is 4.93. The molecule has 1 aromatic carbocycles. The van der Waals surface area contributed by atoms with E-state index >= 15 is 0 Å². The summed E-state index contributed by atoms with van der Waals surface area (Å²) in [5, 5.41) is 12.5. The highest BCUT2D eigenvalue weighted by Crippen LogP contribution is 2.34. The summed E-state index contributed by atoms with van der Waals surface area (Å²) in [4.78, 5) is 4.40. The number of nitrogens with one attached hydrogen (secondary N) is 1. The molecule has 0 fully saturated rings. The molecule has 0 amide bonds. The standard InChI is InChI=1S/C18H20ClN5O3/c1-10-13(17(19)24(3)22-10)9-20-16(18-21-11(2)27-23-18)12-4-5-14-15(8-12)26-7-6-25-14/h4-5,8,16,20H,6-7,9H2,1-3H3. The van der Waals surface area contributed by atoms with Crippen LogP contribution >= 0.6 is 11.6 Å². The van der Waals surface area contributed by atoms with Gasteiger partial charge in [0.1, 0.15) is 18.4 Å². The minimum atomic E-state index is -0.297. The van der Waals surface area contributed by atoms with E-state index < -0.39 is 0 Å². The average Bonchev–Trinajstić information content (AvgIpc) is 3.19. The van der Waals surface area contributed by atoms with Crippen LogP contribution in [0, 0.1) is 13.8 Å². The Morgan fingerprint density at radius 1 is 1.22 bits per heavy atom. The monoisotopic (exact) mass is 389 g/mol. The van der Waals surface area contributed by atoms with Gasteiger partial charge in [-0.05, 0) is 24.6 Å². The number of nitrogens with zero attached hydrogens (tertiary/aromatic N) is 4. The number of benzene rings is 1. The van der Waals surface area contributed by atoms with E-state index in [1.54, 1.807) is 11.6 Å². The normalized spacial score (nSPS) is 14.4. The minimum Gasteiger partial charge on any atom is -0.486 e. The Bertz CT molecular complexity index is 968. The fourth-order valence-corrected chi connectivity index (χ4v) is 3.35. The zero-order valence-corrected chi connectivity index (χ0v) is 16.1. The maximum Gasteiger partial charge on any atom is 0.223 e. The van der Waals surface area contributed by atoms with E-state index in [-0.39, 0.29) is 6.04 Å². The lowest BCUT2D eigenvalue weighted by Crippen LogP contribution is -2.24. The summed E-state index contributed by atoms with van der Waals surface area (Å²) in [5.74, 6) is 2.49. The lowest BCUT2D eigenvalue weighted by atomic mass is 10.0. The second kappa shape index (κ2) is 7.21. The van der Waals surface area contributed by atoms with Crippen LogP contribution in [0.25, 0.3) is 0 Å². The Balaban J connectivity index is 1.65. The maximum atomic E-state index is 6.36. The number of ether oxygens (including phenoxy) is 2. The topological polar surface area (TPSA) is 87.2 Å². The van der Waals surface area contributed by atoms with Crippen molar-refractivity contribution in [1.29, 1.82) is 0 Å². The molecule has 0 radical (unpaired) electrons. The Labute approximate surface area is 161 Å². The summed E-state index contributed by atoms with van der Waals surface area (Å²) >= 11 is 6.36. The summed E-state index contributed by atoms with van der Waals surface area (Å²) < 4.78 is 18.2. The molecule has 0 saturated carbocycles. The largest absolute Gasteiger partial charge is 0.486 e. The third-order valence-electron chi connectivity index (χ3n) is 4.45. The van der Waals surface area contributed by atoms with Crippen molar-refractivity contribution in [2.75, 3.05) is 13.2 Å². The van der Waals surface area contributed by atoms with Crippen LogP contribution in [-0.2, 0) is 13.6 Å². The van der Waals surface area contributed by atoms with Crippen LogP contribution in [0.15, 0.2) is 22.7 Å². The van der Waals surface area contributed by atoms with Crippen LogP contribution in [0.3, 0.4) is 0 Å². The highest BCUT2D eigenvalue weighted by Gasteiger charge is 2.23. The van der Waals surface area contributed by atoms with Gasteiger partial charge in [-0.15, -0.1) is 0 Å². The van der Waals surface area contributed by atoms with E-state index in [9.17, 15) is 0 Å². The molecule has 8 nitrogen and oxygen atoms in total. The second-order valence-electron chi connectivity index (χ2n) is 6.37. The summed E-state index contributed by atoms with van der Waals surface area (Å²) in [6.07, 6.45) is 0. The second-order valence-corrected chi connectivity index (χ2v) is 6.72. The van der Waals surface area contributed by atoms with E-state index in [0.29, 0.717) is 42.4 Å². The SMILES string of the molecule is Cc1nc(C(NCc2c(C)nn(C)c2Cl)c2ccc3c(c2)OCCO3)no1. The van der Waals surface area contributed by atoms with Crippen LogP contribution in [0.2, 0.25) is 5.15 Å². The minimum absolute atomic E-state index is 0.297. The summed E-state index contributed by atoms with van der Waals surface area (Å²) in [7, 11) is 1.82. The van der Waals surface area contributed by atoms with E-state index in [1.807, 2.05) is 32.2 Å². The van der Waals surface area contributed by atoms with E-state index in [0.717, 1.165) is 22.6 Å². The van der Waals surface area contributed by atoms with Crippen molar-refractivity contribution in [1.82, 2.24) is 25.2 Å². The maximum absolute atomic E-state index is 6.36. The Morgan fingerprint density at radius 2 is 2.00 bits per heavy atom. The molecule has 2 aromatic heterocycles. The molecule has 0 saturated heterocycles. The first-order chi connectivity index (χ1) is 13.0. The van der Waals surface area contributed by atoms with Gasteiger partial charge in [0.15, 0.2) is 17.3 Å². The van der Waals surface area contributed by atoms with Gasteiger partial charge in [-0.1, -0.05) is 22.8 Å². The average molecular weight is 390 g/mol. The Kier molecular flexibility index (Phi) is 4.75. The number of halogens is 1. The van der Waals surface area contributed by atoms with Gasteiger partial charge >= 0.3 is 0 Å².